The molecule has 1 aromatic rings. The maximum Gasteiger partial charge on any atom is 0.0107 e. The Labute approximate surface area is 124 Å². The molecule has 1 aromatic carbocycles. The highest BCUT2D eigenvalue weighted by Gasteiger charge is 2.39. The van der Waals surface area contributed by atoms with E-state index in [9.17, 15) is 0 Å². The van der Waals surface area contributed by atoms with Crippen LogP contribution in [0.15, 0.2) is 30.3 Å². The molecule has 1 heteroatoms. The van der Waals surface area contributed by atoms with E-state index in [2.05, 4.69) is 49.1 Å². The van der Waals surface area contributed by atoms with Gasteiger partial charge in [0.1, 0.15) is 0 Å². The molecule has 1 heterocycles. The Kier molecular flexibility index (Phi) is 4.16. The van der Waals surface area contributed by atoms with Gasteiger partial charge in [-0.25, -0.2) is 0 Å². The molecule has 0 amide bonds. The van der Waals surface area contributed by atoms with Gasteiger partial charge in [-0.2, -0.15) is 0 Å². The summed E-state index contributed by atoms with van der Waals surface area (Å²) < 4.78 is 0. The second-order valence-electron chi connectivity index (χ2n) is 7.22. The monoisotopic (exact) mass is 270 g/mol. The Morgan fingerprint density at radius 2 is 1.70 bits per heavy atom. The van der Waals surface area contributed by atoms with E-state index in [1.165, 1.54) is 57.2 Å². The molecule has 0 aromatic heterocycles. The summed E-state index contributed by atoms with van der Waals surface area (Å²) in [5.41, 5.74) is 1.82. The highest BCUT2D eigenvalue weighted by molar-refractivity contribution is 5.35. The lowest BCUT2D eigenvalue weighted by molar-refractivity contribution is 0.0946. The Morgan fingerprint density at radius 3 is 2.35 bits per heavy atom. The molecule has 20 heavy (non-hydrogen) atoms. The van der Waals surface area contributed by atoms with Gasteiger partial charge in [-0.15, -0.1) is 0 Å². The number of hydrogen-bond acceptors (Lipinski definition) is 1. The zero-order valence-electron chi connectivity index (χ0n) is 13.1. The smallest absolute Gasteiger partial charge is 0.0107 e. The van der Waals surface area contributed by atoms with Gasteiger partial charge in [0.25, 0.3) is 0 Å². The second kappa shape index (κ2) is 5.89. The van der Waals surface area contributed by atoms with Crippen LogP contribution in [0.25, 0.3) is 0 Å². The lowest BCUT2D eigenvalue weighted by Crippen LogP contribution is -2.46. The standard InChI is InChI=1S/C19H28N/c1-19(2)15-17(20-13-7-4-8-14-20)11-12-18(19)16-9-5-3-6-10-16/h3,5-6,9-10,17H,4,7-8,11-15H2,1-2H3. The Balaban J connectivity index is 1.70. The number of benzene rings is 1. The molecule has 1 aliphatic carbocycles. The van der Waals surface area contributed by atoms with E-state index in [-0.39, 0.29) is 0 Å². The van der Waals surface area contributed by atoms with Crippen molar-refractivity contribution in [1.29, 1.82) is 0 Å². The van der Waals surface area contributed by atoms with E-state index < -0.39 is 0 Å². The first-order chi connectivity index (χ1) is 9.67. The van der Waals surface area contributed by atoms with Crippen molar-refractivity contribution in [2.24, 2.45) is 5.41 Å². The van der Waals surface area contributed by atoms with Crippen LogP contribution in [0.3, 0.4) is 0 Å². The molecule has 1 atom stereocenters. The second-order valence-corrected chi connectivity index (χ2v) is 7.22. The molecule has 0 N–H and O–H groups in total. The van der Waals surface area contributed by atoms with Gasteiger partial charge in [0, 0.05) is 12.0 Å². The van der Waals surface area contributed by atoms with E-state index >= 15 is 0 Å². The average molecular weight is 270 g/mol. The number of hydrogen-bond donors (Lipinski definition) is 0. The minimum absolute atomic E-state index is 0.349. The highest BCUT2D eigenvalue weighted by atomic mass is 15.2. The van der Waals surface area contributed by atoms with Gasteiger partial charge in [-0.05, 0) is 56.2 Å². The summed E-state index contributed by atoms with van der Waals surface area (Å²) in [5.74, 6) is 1.67. The van der Waals surface area contributed by atoms with Crippen LogP contribution in [-0.2, 0) is 0 Å². The third-order valence-corrected chi connectivity index (χ3v) is 5.32. The molecule has 1 saturated carbocycles. The van der Waals surface area contributed by atoms with Crippen LogP contribution in [0.2, 0.25) is 0 Å². The molecular weight excluding hydrogens is 242 g/mol. The van der Waals surface area contributed by atoms with E-state index in [4.69, 9.17) is 0 Å². The van der Waals surface area contributed by atoms with Gasteiger partial charge in [0.15, 0.2) is 0 Å². The van der Waals surface area contributed by atoms with Crippen LogP contribution in [0.4, 0.5) is 0 Å². The number of likely N-dealkylation sites (tertiary alicyclic amines) is 1. The zero-order valence-corrected chi connectivity index (χ0v) is 13.1. The maximum atomic E-state index is 2.77. The van der Waals surface area contributed by atoms with Crippen LogP contribution in [0.1, 0.15) is 57.9 Å². The van der Waals surface area contributed by atoms with Crippen molar-refractivity contribution < 1.29 is 0 Å². The molecule has 1 unspecified atom stereocenters. The van der Waals surface area contributed by atoms with E-state index in [1.54, 1.807) is 5.92 Å². The van der Waals surface area contributed by atoms with Gasteiger partial charge >= 0.3 is 0 Å². The van der Waals surface area contributed by atoms with E-state index in [1.807, 2.05) is 0 Å². The summed E-state index contributed by atoms with van der Waals surface area (Å²) in [5, 5.41) is 0. The maximum absolute atomic E-state index is 2.77. The predicted octanol–water partition coefficient (Wildman–Crippen LogP) is 4.67. The minimum Gasteiger partial charge on any atom is -0.300 e. The van der Waals surface area contributed by atoms with Crippen molar-refractivity contribution in [3.63, 3.8) is 0 Å². The predicted molar refractivity (Wildman–Crippen MR) is 85.6 cm³/mol. The first-order valence-electron chi connectivity index (χ1n) is 8.32. The molecular formula is C19H28N. The van der Waals surface area contributed by atoms with Gasteiger partial charge in [0.2, 0.25) is 0 Å². The quantitative estimate of drug-likeness (QED) is 0.754. The Morgan fingerprint density at radius 1 is 1.00 bits per heavy atom. The molecule has 1 aliphatic heterocycles. The van der Waals surface area contributed by atoms with Crippen molar-refractivity contribution in [3.8, 4) is 0 Å². The fourth-order valence-electron chi connectivity index (χ4n) is 4.23. The lowest BCUT2D eigenvalue weighted by atomic mass is 9.64. The normalized spacial score (nSPS) is 28.4. The van der Waals surface area contributed by atoms with Gasteiger partial charge in [-0.3, -0.25) is 0 Å². The Hall–Kier alpha value is -0.820. The fraction of sp³-hybridized carbons (Fsp3) is 0.632. The molecule has 3 rings (SSSR count). The first kappa shape index (κ1) is 14.1. The van der Waals surface area contributed by atoms with E-state index in [0.29, 0.717) is 5.41 Å². The SMILES string of the molecule is CC1(C)CC(N2CCCCC2)CC[C]1c1ccccc1. The number of rotatable bonds is 2. The number of nitrogens with zero attached hydrogens (tertiary/aromatic N) is 1. The molecule has 0 bridgehead atoms. The van der Waals surface area contributed by atoms with Crippen molar-refractivity contribution >= 4 is 0 Å². The molecule has 109 valence electrons. The third-order valence-electron chi connectivity index (χ3n) is 5.32. The van der Waals surface area contributed by atoms with Crippen LogP contribution in [0.5, 0.6) is 0 Å². The van der Waals surface area contributed by atoms with Crippen molar-refractivity contribution in [3.05, 3.63) is 41.8 Å². The van der Waals surface area contributed by atoms with Crippen molar-refractivity contribution in [1.82, 2.24) is 4.90 Å². The summed E-state index contributed by atoms with van der Waals surface area (Å²) >= 11 is 0. The van der Waals surface area contributed by atoms with Gasteiger partial charge < -0.3 is 4.90 Å². The molecule has 0 spiro atoms. The lowest BCUT2D eigenvalue weighted by Gasteiger charge is -2.47. The highest BCUT2D eigenvalue weighted by Crippen LogP contribution is 2.47. The summed E-state index contributed by atoms with van der Waals surface area (Å²) in [6.07, 6.45) is 8.22. The largest absolute Gasteiger partial charge is 0.300 e. The topological polar surface area (TPSA) is 3.24 Å². The first-order valence-corrected chi connectivity index (χ1v) is 8.32. The minimum atomic E-state index is 0.349. The molecule has 1 saturated heterocycles. The summed E-state index contributed by atoms with van der Waals surface area (Å²) in [6, 6.07) is 11.9. The summed E-state index contributed by atoms with van der Waals surface area (Å²) in [4.78, 5) is 2.77. The van der Waals surface area contributed by atoms with Gasteiger partial charge in [-0.1, -0.05) is 50.6 Å². The van der Waals surface area contributed by atoms with Crippen LogP contribution in [0, 0.1) is 11.3 Å². The van der Waals surface area contributed by atoms with Crippen LogP contribution < -0.4 is 0 Å². The van der Waals surface area contributed by atoms with Crippen molar-refractivity contribution in [2.75, 3.05) is 13.1 Å². The van der Waals surface area contributed by atoms with Crippen molar-refractivity contribution in [2.45, 2.75) is 58.4 Å². The van der Waals surface area contributed by atoms with E-state index in [0.717, 1.165) is 6.04 Å². The molecule has 2 aliphatic rings. The Bertz CT molecular complexity index is 417. The average Bonchev–Trinajstić information content (AvgIpc) is 2.48. The van der Waals surface area contributed by atoms with Crippen LogP contribution in [-0.4, -0.2) is 24.0 Å². The third kappa shape index (κ3) is 2.93. The fourth-order valence-corrected chi connectivity index (χ4v) is 4.23. The molecule has 1 nitrogen and oxygen atoms in total. The molecule has 2 fully saturated rings. The summed E-state index contributed by atoms with van der Waals surface area (Å²) in [6.45, 7) is 7.57. The summed E-state index contributed by atoms with van der Waals surface area (Å²) in [7, 11) is 0. The number of piperidine rings is 1. The van der Waals surface area contributed by atoms with Crippen LogP contribution >= 0.6 is 0 Å². The molecule has 1 radical (unpaired) electrons. The zero-order chi connectivity index (χ0) is 14.0. The van der Waals surface area contributed by atoms with Gasteiger partial charge in [0.05, 0.1) is 0 Å².